The van der Waals surface area contributed by atoms with Gasteiger partial charge in [-0.25, -0.2) is 4.98 Å². The van der Waals surface area contributed by atoms with Crippen molar-refractivity contribution in [3.05, 3.63) is 102 Å². The summed E-state index contributed by atoms with van der Waals surface area (Å²) in [7, 11) is -1.34. The number of aromatic nitrogens is 5. The number of para-hydroxylation sites is 2. The maximum Gasteiger partial charge on any atom is 0.235 e. The van der Waals surface area contributed by atoms with Gasteiger partial charge in [-0.2, -0.15) is 0 Å². The van der Waals surface area contributed by atoms with Crippen molar-refractivity contribution in [3.63, 3.8) is 0 Å². The van der Waals surface area contributed by atoms with Crippen LogP contribution in [0, 0.1) is 31.9 Å². The van der Waals surface area contributed by atoms with E-state index in [1.807, 2.05) is 56.3 Å². The molecule has 0 saturated carbocycles. The van der Waals surface area contributed by atoms with Gasteiger partial charge in [-0.1, -0.05) is 69.7 Å². The number of furan rings is 1. The summed E-state index contributed by atoms with van der Waals surface area (Å²) < 4.78 is 8.33. The van der Waals surface area contributed by atoms with E-state index < -0.39 is 8.07 Å². The fraction of sp³-hybridized carbons (Fsp3) is 0.282. The Balaban J connectivity index is 0.000000188. The van der Waals surface area contributed by atoms with E-state index in [1.165, 1.54) is 10.8 Å². The van der Waals surface area contributed by atoms with E-state index in [0.29, 0.717) is 11.6 Å². The SMILES string of the molecule is CC(C)Cc1cc(-c2[c-]cccc2)ncc1[Si](C)(C)C.CCn1c(-c2[c-]cc(C)c3c2oc2nc(C)cnc23)nc2ccccc21.[Ir]. The molecule has 0 fully saturated rings. The molecule has 0 bridgehead atoms. The summed E-state index contributed by atoms with van der Waals surface area (Å²) in [6, 6.07) is 27.1. The Morgan fingerprint density at radius 1 is 0.936 bits per heavy atom. The first kappa shape index (κ1) is 34.4. The Morgan fingerprint density at radius 2 is 1.70 bits per heavy atom. The molecule has 0 unspecified atom stereocenters. The quantitative estimate of drug-likeness (QED) is 0.124. The first-order chi connectivity index (χ1) is 22.0. The van der Waals surface area contributed by atoms with Crippen molar-refractivity contribution in [2.75, 3.05) is 0 Å². The van der Waals surface area contributed by atoms with E-state index >= 15 is 0 Å². The zero-order valence-corrected chi connectivity index (χ0v) is 31.8. The van der Waals surface area contributed by atoms with Gasteiger partial charge in [-0.05, 0) is 54.6 Å². The van der Waals surface area contributed by atoms with Crippen LogP contribution >= 0.6 is 0 Å². The molecule has 0 amide bonds. The Morgan fingerprint density at radius 3 is 2.40 bits per heavy atom. The Hall–Kier alpha value is -3.97. The Labute approximate surface area is 292 Å². The van der Waals surface area contributed by atoms with Crippen molar-refractivity contribution in [2.45, 2.75) is 67.2 Å². The molecule has 0 atom stereocenters. The minimum absolute atomic E-state index is 0. The number of pyridine rings is 1. The Kier molecular flexibility index (Phi) is 10.3. The fourth-order valence-electron chi connectivity index (χ4n) is 6.05. The van der Waals surface area contributed by atoms with Crippen molar-refractivity contribution in [2.24, 2.45) is 5.92 Å². The van der Waals surface area contributed by atoms with Gasteiger partial charge in [0.15, 0.2) is 0 Å². The number of rotatable bonds is 6. The molecule has 0 spiro atoms. The van der Waals surface area contributed by atoms with Crippen LogP contribution in [0.25, 0.3) is 55.9 Å². The van der Waals surface area contributed by atoms with Crippen LogP contribution in [0.3, 0.4) is 0 Å². The van der Waals surface area contributed by atoms with E-state index in [-0.39, 0.29) is 20.1 Å². The molecule has 47 heavy (non-hydrogen) atoms. The molecule has 4 aromatic heterocycles. The van der Waals surface area contributed by atoms with Crippen molar-refractivity contribution in [3.8, 4) is 22.6 Å². The summed E-state index contributed by atoms with van der Waals surface area (Å²) in [4.78, 5) is 18.6. The van der Waals surface area contributed by atoms with Crippen molar-refractivity contribution in [1.82, 2.24) is 24.5 Å². The zero-order chi connectivity index (χ0) is 32.6. The monoisotopic (exact) mass is 816 g/mol. The van der Waals surface area contributed by atoms with Crippen molar-refractivity contribution in [1.29, 1.82) is 0 Å². The summed E-state index contributed by atoms with van der Waals surface area (Å²) in [5.74, 6) is 1.52. The van der Waals surface area contributed by atoms with E-state index in [4.69, 9.17) is 9.40 Å². The largest absolute Gasteiger partial charge is 0.485 e. The minimum atomic E-state index is -1.34. The van der Waals surface area contributed by atoms with Crippen LogP contribution in [0.4, 0.5) is 0 Å². The number of fused-ring (bicyclic) bond motifs is 4. The molecule has 0 aliphatic heterocycles. The summed E-state index contributed by atoms with van der Waals surface area (Å²) in [5.41, 5.74) is 10.5. The average Bonchev–Trinajstić information content (AvgIpc) is 3.60. The molecule has 8 heteroatoms. The van der Waals surface area contributed by atoms with Crippen LogP contribution in [0.15, 0.2) is 77.5 Å². The normalized spacial score (nSPS) is 11.6. The second-order valence-corrected chi connectivity index (χ2v) is 18.4. The first-order valence-electron chi connectivity index (χ1n) is 16.0. The number of aryl methyl sites for hydroxylation is 3. The summed E-state index contributed by atoms with van der Waals surface area (Å²) in [5, 5.41) is 2.47. The maximum absolute atomic E-state index is 6.14. The van der Waals surface area contributed by atoms with Crippen LogP contribution in [0.1, 0.15) is 37.6 Å². The van der Waals surface area contributed by atoms with Crippen LogP contribution in [0.2, 0.25) is 19.6 Å². The second-order valence-electron chi connectivity index (χ2n) is 13.3. The zero-order valence-electron chi connectivity index (χ0n) is 28.4. The maximum atomic E-state index is 6.14. The molecule has 1 radical (unpaired) electrons. The molecule has 7 rings (SSSR count). The van der Waals surface area contributed by atoms with Crippen LogP contribution in [-0.4, -0.2) is 32.6 Å². The molecule has 0 saturated heterocycles. The molecule has 3 aromatic carbocycles. The van der Waals surface area contributed by atoms with Crippen molar-refractivity contribution >= 4 is 46.5 Å². The molecule has 4 heterocycles. The van der Waals surface area contributed by atoms with E-state index in [9.17, 15) is 0 Å². The number of nitrogens with zero attached hydrogens (tertiary/aromatic N) is 5. The first-order valence-corrected chi connectivity index (χ1v) is 19.5. The van der Waals surface area contributed by atoms with Gasteiger partial charge in [-0.3, -0.25) is 9.97 Å². The molecule has 0 aliphatic rings. The van der Waals surface area contributed by atoms with Gasteiger partial charge in [-0.15, -0.1) is 53.6 Å². The van der Waals surface area contributed by atoms with E-state index in [0.717, 1.165) is 74.4 Å². The fourth-order valence-corrected chi connectivity index (χ4v) is 7.64. The predicted octanol–water partition coefficient (Wildman–Crippen LogP) is 9.12. The molecule has 7 aromatic rings. The standard InChI is InChI=1S/C21H17N4O.C18H24NSi.Ir/c1-4-25-16-8-6-5-7-15(16)24-20(25)14-10-9-12(2)17-18-21(26-19(14)17)23-13(3)11-22-18;1-14(2)11-16-12-17(15-9-7-6-8-10-15)19-13-18(16)20(3,4)5;/h5-9,11H,4H2,1-3H3;6-9,12-14H,11H2,1-5H3;/q2*-1;. The van der Waals surface area contributed by atoms with Gasteiger partial charge in [0.2, 0.25) is 5.71 Å². The van der Waals surface area contributed by atoms with Gasteiger partial charge in [0.25, 0.3) is 0 Å². The molecular weight excluding hydrogens is 775 g/mol. The minimum Gasteiger partial charge on any atom is -0.485 e. The second kappa shape index (κ2) is 14.0. The van der Waals surface area contributed by atoms with Gasteiger partial charge in [0, 0.05) is 39.0 Å². The van der Waals surface area contributed by atoms with E-state index in [2.05, 4.69) is 96.5 Å². The van der Waals surface area contributed by atoms with Crippen LogP contribution in [0.5, 0.6) is 0 Å². The van der Waals surface area contributed by atoms with Gasteiger partial charge in [0.1, 0.15) is 5.52 Å². The number of hydrogen-bond acceptors (Lipinski definition) is 5. The van der Waals surface area contributed by atoms with Gasteiger partial charge >= 0.3 is 0 Å². The molecule has 0 aliphatic carbocycles. The molecule has 243 valence electrons. The molecule has 6 nitrogen and oxygen atoms in total. The molecular formula is C39H41IrN5OSi-2. The Bertz CT molecular complexity index is 2160. The average molecular weight is 816 g/mol. The number of benzene rings is 3. The van der Waals surface area contributed by atoms with Gasteiger partial charge in [0.05, 0.1) is 36.2 Å². The third-order valence-electron chi connectivity index (χ3n) is 8.18. The molecule has 0 N–H and O–H groups in total. The van der Waals surface area contributed by atoms with E-state index in [1.54, 1.807) is 6.20 Å². The number of hydrogen-bond donors (Lipinski definition) is 0. The van der Waals surface area contributed by atoms with Crippen LogP contribution in [-0.2, 0) is 33.1 Å². The summed E-state index contributed by atoms with van der Waals surface area (Å²) in [6.07, 6.45) is 5.01. The smallest absolute Gasteiger partial charge is 0.235 e. The van der Waals surface area contributed by atoms with Gasteiger partial charge < -0.3 is 14.0 Å². The third kappa shape index (κ3) is 7.01. The summed E-state index contributed by atoms with van der Waals surface area (Å²) in [6.45, 7) is 18.6. The number of imidazole rings is 1. The topological polar surface area (TPSA) is 69.6 Å². The van der Waals surface area contributed by atoms with Crippen LogP contribution < -0.4 is 5.19 Å². The third-order valence-corrected chi connectivity index (χ3v) is 10.2. The predicted molar refractivity (Wildman–Crippen MR) is 192 cm³/mol. The van der Waals surface area contributed by atoms with Crippen molar-refractivity contribution < 1.29 is 24.5 Å². The summed E-state index contributed by atoms with van der Waals surface area (Å²) >= 11 is 0.